The zero-order valence-electron chi connectivity index (χ0n) is 14.0. The molecule has 0 radical (unpaired) electrons. The summed E-state index contributed by atoms with van der Waals surface area (Å²) in [6, 6.07) is 15.7. The summed E-state index contributed by atoms with van der Waals surface area (Å²) in [5.41, 5.74) is 1.46. The number of carbonyl (C=O) groups is 2. The van der Waals surface area contributed by atoms with Gasteiger partial charge < -0.3 is 10.6 Å². The third-order valence-corrected chi connectivity index (χ3v) is 4.50. The van der Waals surface area contributed by atoms with Gasteiger partial charge >= 0.3 is 0 Å². The molecule has 25 heavy (non-hydrogen) atoms. The summed E-state index contributed by atoms with van der Waals surface area (Å²) in [4.78, 5) is 24.8. The van der Waals surface area contributed by atoms with Crippen molar-refractivity contribution in [3.63, 3.8) is 0 Å². The molecule has 0 bridgehead atoms. The van der Waals surface area contributed by atoms with Crippen molar-refractivity contribution in [2.24, 2.45) is 0 Å². The van der Waals surface area contributed by atoms with E-state index in [0.717, 1.165) is 11.3 Å². The van der Waals surface area contributed by atoms with Gasteiger partial charge in [0.2, 0.25) is 5.91 Å². The fourth-order valence-electron chi connectivity index (χ4n) is 2.29. The van der Waals surface area contributed by atoms with E-state index in [-0.39, 0.29) is 11.8 Å². The van der Waals surface area contributed by atoms with Crippen LogP contribution in [-0.2, 0) is 11.3 Å². The van der Waals surface area contributed by atoms with Crippen LogP contribution >= 0.6 is 23.4 Å². The third-order valence-electron chi connectivity index (χ3n) is 3.62. The molecule has 0 aliphatic carbocycles. The second kappa shape index (κ2) is 10.1. The van der Waals surface area contributed by atoms with E-state index in [2.05, 4.69) is 10.6 Å². The van der Waals surface area contributed by atoms with Crippen LogP contribution in [0.15, 0.2) is 54.6 Å². The highest BCUT2D eigenvalue weighted by Crippen LogP contribution is 2.10. The first-order valence-electron chi connectivity index (χ1n) is 7.97. The summed E-state index contributed by atoms with van der Waals surface area (Å²) in [5.74, 6) is 0.340. The van der Waals surface area contributed by atoms with E-state index in [1.165, 1.54) is 0 Å². The van der Waals surface area contributed by atoms with E-state index in [0.29, 0.717) is 23.6 Å². The van der Waals surface area contributed by atoms with Crippen molar-refractivity contribution < 1.29 is 9.59 Å². The Balaban J connectivity index is 1.97. The molecular formula is C19H21ClN2O2S. The van der Waals surface area contributed by atoms with Crippen LogP contribution < -0.4 is 10.6 Å². The second-order valence-corrected chi connectivity index (χ2v) is 6.94. The van der Waals surface area contributed by atoms with Crippen molar-refractivity contribution in [2.75, 3.05) is 12.0 Å². The highest BCUT2D eigenvalue weighted by molar-refractivity contribution is 7.98. The van der Waals surface area contributed by atoms with Gasteiger partial charge in [-0.3, -0.25) is 9.59 Å². The lowest BCUT2D eigenvalue weighted by Gasteiger charge is -2.18. The van der Waals surface area contributed by atoms with Gasteiger partial charge in [0.05, 0.1) is 0 Å². The molecule has 0 fully saturated rings. The van der Waals surface area contributed by atoms with E-state index in [1.54, 1.807) is 48.2 Å². The van der Waals surface area contributed by atoms with Crippen molar-refractivity contribution in [1.82, 2.24) is 10.6 Å². The average Bonchev–Trinajstić information content (AvgIpc) is 2.63. The van der Waals surface area contributed by atoms with Crippen molar-refractivity contribution in [3.05, 3.63) is 70.7 Å². The topological polar surface area (TPSA) is 58.2 Å². The van der Waals surface area contributed by atoms with E-state index in [9.17, 15) is 9.59 Å². The van der Waals surface area contributed by atoms with E-state index in [4.69, 9.17) is 11.6 Å². The van der Waals surface area contributed by atoms with Crippen molar-refractivity contribution in [1.29, 1.82) is 0 Å². The maximum atomic E-state index is 12.5. The largest absolute Gasteiger partial charge is 0.350 e. The first kappa shape index (κ1) is 19.3. The summed E-state index contributed by atoms with van der Waals surface area (Å²) in [6.45, 7) is 0.371. The maximum absolute atomic E-state index is 12.5. The van der Waals surface area contributed by atoms with Crippen LogP contribution in [0.1, 0.15) is 22.3 Å². The summed E-state index contributed by atoms with van der Waals surface area (Å²) >= 11 is 7.59. The van der Waals surface area contributed by atoms with Gasteiger partial charge in [0.25, 0.3) is 5.91 Å². The molecular weight excluding hydrogens is 356 g/mol. The van der Waals surface area contributed by atoms with Crippen LogP contribution in [0, 0.1) is 0 Å². The average molecular weight is 377 g/mol. The fraction of sp³-hybridized carbons (Fsp3) is 0.263. The lowest BCUT2D eigenvalue weighted by molar-refractivity contribution is -0.123. The molecule has 0 heterocycles. The second-order valence-electron chi connectivity index (χ2n) is 5.52. The molecule has 2 aromatic rings. The minimum Gasteiger partial charge on any atom is -0.350 e. The van der Waals surface area contributed by atoms with Gasteiger partial charge in [-0.2, -0.15) is 11.8 Å². The number of nitrogens with one attached hydrogen (secondary N) is 2. The maximum Gasteiger partial charge on any atom is 0.251 e. The number of hydrogen-bond acceptors (Lipinski definition) is 3. The van der Waals surface area contributed by atoms with Crippen LogP contribution in [0.5, 0.6) is 0 Å². The molecule has 2 amide bonds. The monoisotopic (exact) mass is 376 g/mol. The van der Waals surface area contributed by atoms with Crippen molar-refractivity contribution in [3.8, 4) is 0 Å². The van der Waals surface area contributed by atoms with Gasteiger partial charge in [-0.15, -0.1) is 0 Å². The Labute approximate surface area is 157 Å². The number of carbonyl (C=O) groups excluding carboxylic acids is 2. The molecule has 0 aliphatic heterocycles. The van der Waals surface area contributed by atoms with Gasteiger partial charge in [-0.1, -0.05) is 41.9 Å². The Hall–Kier alpha value is -1.98. The standard InChI is InChI=1S/C19H21ClN2O2S/c1-25-11-10-17(22-18(23)15-7-3-2-4-8-15)19(24)21-13-14-6-5-9-16(20)12-14/h2-9,12,17H,10-11,13H2,1H3,(H,21,24)(H,22,23)/t17-/m0/s1. The van der Waals surface area contributed by atoms with Crippen LogP contribution in [0.25, 0.3) is 0 Å². The first-order valence-corrected chi connectivity index (χ1v) is 9.74. The van der Waals surface area contributed by atoms with Gasteiger partial charge in [-0.25, -0.2) is 0 Å². The number of halogens is 1. The molecule has 0 saturated carbocycles. The summed E-state index contributed by atoms with van der Waals surface area (Å²) < 4.78 is 0. The Morgan fingerprint density at radius 2 is 1.88 bits per heavy atom. The molecule has 0 aliphatic rings. The van der Waals surface area contributed by atoms with Crippen LogP contribution in [0.4, 0.5) is 0 Å². The minimum absolute atomic E-state index is 0.196. The predicted molar refractivity (Wildman–Crippen MR) is 104 cm³/mol. The number of amides is 2. The van der Waals surface area contributed by atoms with Crippen LogP contribution in [-0.4, -0.2) is 29.9 Å². The Bertz CT molecular complexity index is 710. The highest BCUT2D eigenvalue weighted by atomic mass is 35.5. The molecule has 0 aromatic heterocycles. The summed E-state index contributed by atoms with van der Waals surface area (Å²) in [6.07, 6.45) is 2.54. The first-order chi connectivity index (χ1) is 12.1. The number of rotatable bonds is 8. The van der Waals surface area contributed by atoms with Crippen molar-refractivity contribution in [2.45, 2.75) is 19.0 Å². The quantitative estimate of drug-likeness (QED) is 0.741. The number of benzene rings is 2. The Kier molecular flexibility index (Phi) is 7.82. The number of hydrogen-bond donors (Lipinski definition) is 2. The Morgan fingerprint density at radius 3 is 2.56 bits per heavy atom. The molecule has 2 aromatic carbocycles. The molecule has 0 spiro atoms. The molecule has 6 heteroatoms. The summed E-state index contributed by atoms with van der Waals surface area (Å²) in [5, 5.41) is 6.32. The molecule has 1 atom stereocenters. The van der Waals surface area contributed by atoms with Gasteiger partial charge in [0.1, 0.15) is 6.04 Å². The Morgan fingerprint density at radius 1 is 1.12 bits per heavy atom. The SMILES string of the molecule is CSCC[C@H](NC(=O)c1ccccc1)C(=O)NCc1cccc(Cl)c1. The lowest BCUT2D eigenvalue weighted by atomic mass is 10.1. The van der Waals surface area contributed by atoms with Crippen molar-refractivity contribution >= 4 is 35.2 Å². The highest BCUT2D eigenvalue weighted by Gasteiger charge is 2.20. The van der Waals surface area contributed by atoms with E-state index >= 15 is 0 Å². The molecule has 4 nitrogen and oxygen atoms in total. The smallest absolute Gasteiger partial charge is 0.251 e. The molecule has 2 N–H and O–H groups in total. The van der Waals surface area contributed by atoms with Gasteiger partial charge in [0, 0.05) is 17.1 Å². The molecule has 0 unspecified atom stereocenters. The number of thioether (sulfide) groups is 1. The van der Waals surface area contributed by atoms with E-state index < -0.39 is 6.04 Å². The molecule has 0 saturated heterocycles. The molecule has 132 valence electrons. The zero-order chi connectivity index (χ0) is 18.1. The fourth-order valence-corrected chi connectivity index (χ4v) is 2.98. The molecule has 2 rings (SSSR count). The zero-order valence-corrected chi connectivity index (χ0v) is 15.6. The van der Waals surface area contributed by atoms with Gasteiger partial charge in [-0.05, 0) is 48.3 Å². The van der Waals surface area contributed by atoms with E-state index in [1.807, 2.05) is 24.5 Å². The van der Waals surface area contributed by atoms with Crippen LogP contribution in [0.2, 0.25) is 5.02 Å². The third kappa shape index (κ3) is 6.44. The predicted octanol–water partition coefficient (Wildman–Crippen LogP) is 3.51. The normalized spacial score (nSPS) is 11.6. The lowest BCUT2D eigenvalue weighted by Crippen LogP contribution is -2.46. The van der Waals surface area contributed by atoms with Gasteiger partial charge in [0.15, 0.2) is 0 Å². The minimum atomic E-state index is -0.570. The van der Waals surface area contributed by atoms with Crippen LogP contribution in [0.3, 0.4) is 0 Å². The summed E-state index contributed by atoms with van der Waals surface area (Å²) in [7, 11) is 0.